The molecule has 4 heteroatoms. The van der Waals surface area contributed by atoms with Gasteiger partial charge in [-0.05, 0) is 18.1 Å². The van der Waals surface area contributed by atoms with E-state index in [1.54, 1.807) is 0 Å². The Balaban J connectivity index is 1.38. The number of hydrogen-bond acceptors (Lipinski definition) is 3. The summed E-state index contributed by atoms with van der Waals surface area (Å²) >= 11 is 0. The number of benzene rings is 2. The number of ether oxygens (including phenoxy) is 1. The third-order valence-electron chi connectivity index (χ3n) is 6.39. The number of amides is 1. The second-order valence-corrected chi connectivity index (χ2v) is 7.89. The van der Waals surface area contributed by atoms with Crippen molar-refractivity contribution in [1.29, 1.82) is 0 Å². The van der Waals surface area contributed by atoms with Gasteiger partial charge in [0.15, 0.2) is 0 Å². The first-order valence-electron chi connectivity index (χ1n) is 9.45. The summed E-state index contributed by atoms with van der Waals surface area (Å²) in [5.41, 5.74) is 2.00. The Bertz CT molecular complexity index is 809. The number of hydrogen-bond donors (Lipinski definition) is 0. The van der Waals surface area contributed by atoms with Crippen molar-refractivity contribution in [2.75, 3.05) is 19.7 Å². The molecule has 0 aromatic heterocycles. The number of likely N-dealkylation sites (tertiary alicyclic amines) is 1. The van der Waals surface area contributed by atoms with Gasteiger partial charge in [-0.15, -0.1) is 0 Å². The Labute approximate surface area is 154 Å². The van der Waals surface area contributed by atoms with E-state index in [1.807, 2.05) is 29.2 Å². The average molecular weight is 348 g/mol. The van der Waals surface area contributed by atoms with E-state index in [9.17, 15) is 4.79 Å². The minimum Gasteiger partial charge on any atom is -0.353 e. The van der Waals surface area contributed by atoms with E-state index < -0.39 is 5.72 Å². The molecule has 3 fully saturated rings. The predicted molar refractivity (Wildman–Crippen MR) is 99.1 cm³/mol. The molecule has 3 aliphatic rings. The maximum atomic E-state index is 13.3. The van der Waals surface area contributed by atoms with Crippen molar-refractivity contribution in [1.82, 2.24) is 9.80 Å². The van der Waals surface area contributed by atoms with Gasteiger partial charge in [0, 0.05) is 25.6 Å². The molecule has 0 bridgehead atoms. The molecule has 3 heterocycles. The Morgan fingerprint density at radius 2 is 1.73 bits per heavy atom. The fraction of sp³-hybridized carbons (Fsp3) is 0.409. The lowest BCUT2D eigenvalue weighted by Crippen LogP contribution is -2.45. The second kappa shape index (κ2) is 5.93. The number of carbonyl (C=O) groups is 1. The van der Waals surface area contributed by atoms with Crippen LogP contribution in [-0.4, -0.2) is 41.1 Å². The Kier molecular flexibility index (Phi) is 3.66. The van der Waals surface area contributed by atoms with E-state index in [-0.39, 0.29) is 23.8 Å². The lowest BCUT2D eigenvalue weighted by Gasteiger charge is -2.34. The van der Waals surface area contributed by atoms with Crippen LogP contribution >= 0.6 is 0 Å². The van der Waals surface area contributed by atoms with E-state index in [0.717, 1.165) is 19.6 Å². The first-order valence-corrected chi connectivity index (χ1v) is 9.45. The van der Waals surface area contributed by atoms with Crippen LogP contribution in [0.2, 0.25) is 0 Å². The zero-order chi connectivity index (χ0) is 17.7. The van der Waals surface area contributed by atoms with Crippen molar-refractivity contribution in [3.8, 4) is 0 Å². The zero-order valence-electron chi connectivity index (χ0n) is 15.0. The molecule has 0 radical (unpaired) electrons. The lowest BCUT2D eigenvalue weighted by atomic mass is 9.92. The van der Waals surface area contributed by atoms with Gasteiger partial charge in [0.05, 0.1) is 18.6 Å². The largest absolute Gasteiger partial charge is 0.353 e. The molecular formula is C22H24N2O2. The van der Waals surface area contributed by atoms with Crippen LogP contribution < -0.4 is 0 Å². The van der Waals surface area contributed by atoms with Crippen LogP contribution in [0.4, 0.5) is 0 Å². The fourth-order valence-electron chi connectivity index (χ4n) is 5.11. The molecule has 134 valence electrons. The molecule has 5 rings (SSSR count). The van der Waals surface area contributed by atoms with Gasteiger partial charge in [0.1, 0.15) is 5.72 Å². The normalized spacial score (nSPS) is 33.5. The third kappa shape index (κ3) is 2.32. The molecule has 3 saturated heterocycles. The highest BCUT2D eigenvalue weighted by molar-refractivity contribution is 5.84. The summed E-state index contributed by atoms with van der Waals surface area (Å²) in [7, 11) is 0. The highest BCUT2D eigenvalue weighted by Crippen LogP contribution is 2.52. The van der Waals surface area contributed by atoms with Gasteiger partial charge in [0.2, 0.25) is 5.91 Å². The van der Waals surface area contributed by atoms with Crippen LogP contribution in [0.15, 0.2) is 60.7 Å². The van der Waals surface area contributed by atoms with Crippen molar-refractivity contribution in [3.63, 3.8) is 0 Å². The number of carbonyl (C=O) groups excluding carboxylic acids is 1. The van der Waals surface area contributed by atoms with E-state index in [2.05, 4.69) is 48.2 Å². The molecule has 2 aromatic rings. The van der Waals surface area contributed by atoms with Crippen LogP contribution in [0.3, 0.4) is 0 Å². The van der Waals surface area contributed by atoms with E-state index in [1.165, 1.54) is 11.1 Å². The maximum Gasteiger partial charge on any atom is 0.230 e. The summed E-state index contributed by atoms with van der Waals surface area (Å²) in [6, 6.07) is 20.8. The molecule has 2 aromatic carbocycles. The van der Waals surface area contributed by atoms with Crippen LogP contribution in [0.5, 0.6) is 0 Å². The number of rotatable bonds is 3. The van der Waals surface area contributed by atoms with E-state index >= 15 is 0 Å². The molecule has 1 amide bonds. The molecule has 0 N–H and O–H groups in total. The summed E-state index contributed by atoms with van der Waals surface area (Å²) < 4.78 is 6.29. The van der Waals surface area contributed by atoms with Gasteiger partial charge < -0.3 is 9.64 Å². The predicted octanol–water partition coefficient (Wildman–Crippen LogP) is 3.06. The standard InChI is InChI=1S/C22H24N2O2/c1-22-19-14-23(12-16-8-4-2-5-9-16)13-18(19)21(25)24(22)20(15-26-22)17-10-6-3-7-11-17/h2-11,18-20H,12-15H2,1H3/t18-,19+,20+,22+/m0/s1. The van der Waals surface area contributed by atoms with E-state index in [0.29, 0.717) is 6.61 Å². The van der Waals surface area contributed by atoms with Gasteiger partial charge in [-0.2, -0.15) is 0 Å². The van der Waals surface area contributed by atoms with Crippen LogP contribution in [0.25, 0.3) is 0 Å². The third-order valence-corrected chi connectivity index (χ3v) is 6.39. The monoisotopic (exact) mass is 348 g/mol. The first-order chi connectivity index (χ1) is 12.7. The highest BCUT2D eigenvalue weighted by atomic mass is 16.5. The van der Waals surface area contributed by atoms with Crippen molar-refractivity contribution in [3.05, 3.63) is 71.8 Å². The van der Waals surface area contributed by atoms with Crippen molar-refractivity contribution in [2.45, 2.75) is 25.2 Å². The van der Waals surface area contributed by atoms with Crippen LogP contribution in [-0.2, 0) is 16.1 Å². The Morgan fingerprint density at radius 3 is 2.46 bits per heavy atom. The number of fused-ring (bicyclic) bond motifs is 3. The summed E-state index contributed by atoms with van der Waals surface area (Å²) in [6.07, 6.45) is 0. The quantitative estimate of drug-likeness (QED) is 0.855. The van der Waals surface area contributed by atoms with Gasteiger partial charge in [-0.25, -0.2) is 0 Å². The molecule has 4 nitrogen and oxygen atoms in total. The molecule has 4 atom stereocenters. The average Bonchev–Trinajstić information content (AvgIpc) is 3.29. The molecule has 0 spiro atoms. The van der Waals surface area contributed by atoms with Crippen molar-refractivity contribution < 1.29 is 9.53 Å². The SMILES string of the molecule is C[C@]12OC[C@H](c3ccccc3)N1C(=O)[C@H]1CN(Cc3ccccc3)C[C@H]12. The van der Waals surface area contributed by atoms with Crippen LogP contribution in [0.1, 0.15) is 24.1 Å². The zero-order valence-corrected chi connectivity index (χ0v) is 15.0. The van der Waals surface area contributed by atoms with Gasteiger partial charge >= 0.3 is 0 Å². The summed E-state index contributed by atoms with van der Waals surface area (Å²) in [5.74, 6) is 0.557. The van der Waals surface area contributed by atoms with Gasteiger partial charge in [-0.3, -0.25) is 9.69 Å². The molecule has 0 saturated carbocycles. The topological polar surface area (TPSA) is 32.8 Å². The summed E-state index contributed by atoms with van der Waals surface area (Å²) in [6.45, 7) is 5.35. The van der Waals surface area contributed by atoms with Crippen molar-refractivity contribution in [2.24, 2.45) is 11.8 Å². The Hall–Kier alpha value is -2.17. The van der Waals surface area contributed by atoms with E-state index in [4.69, 9.17) is 4.74 Å². The molecule has 0 aliphatic carbocycles. The molecule has 3 aliphatic heterocycles. The first kappa shape index (κ1) is 16.0. The summed E-state index contributed by atoms with van der Waals surface area (Å²) in [5, 5.41) is 0. The lowest BCUT2D eigenvalue weighted by molar-refractivity contribution is -0.141. The Morgan fingerprint density at radius 1 is 1.04 bits per heavy atom. The van der Waals surface area contributed by atoms with Gasteiger partial charge in [0.25, 0.3) is 0 Å². The highest BCUT2D eigenvalue weighted by Gasteiger charge is 2.64. The molecule has 26 heavy (non-hydrogen) atoms. The maximum absolute atomic E-state index is 13.3. The minimum absolute atomic E-state index is 0.0434. The fourth-order valence-corrected chi connectivity index (χ4v) is 5.11. The molecule has 0 unspecified atom stereocenters. The minimum atomic E-state index is -0.478. The van der Waals surface area contributed by atoms with Gasteiger partial charge in [-0.1, -0.05) is 60.7 Å². The summed E-state index contributed by atoms with van der Waals surface area (Å²) in [4.78, 5) is 17.7. The second-order valence-electron chi connectivity index (χ2n) is 7.89. The van der Waals surface area contributed by atoms with Crippen molar-refractivity contribution >= 4 is 5.91 Å². The smallest absolute Gasteiger partial charge is 0.230 e. The molecular weight excluding hydrogens is 324 g/mol. The van der Waals surface area contributed by atoms with Crippen LogP contribution in [0, 0.1) is 11.8 Å². The number of nitrogens with zero attached hydrogens (tertiary/aromatic N) is 2.